The minimum absolute atomic E-state index is 0.0858. The zero-order valence-corrected chi connectivity index (χ0v) is 6.87. The smallest absolute Gasteiger partial charge is 0.272 e. The third-order valence-corrected chi connectivity index (χ3v) is 1.88. The van der Waals surface area contributed by atoms with Gasteiger partial charge in [-0.15, -0.1) is 0 Å². The van der Waals surface area contributed by atoms with Crippen molar-refractivity contribution in [3.8, 4) is 0 Å². The lowest BCUT2D eigenvalue weighted by atomic mass is 10.1. The number of alkyl halides is 2. The fourth-order valence-electron chi connectivity index (χ4n) is 1.33. The van der Waals surface area contributed by atoms with E-state index in [0.29, 0.717) is 12.2 Å². The number of hydrogen-bond donors (Lipinski definition) is 0. The van der Waals surface area contributed by atoms with Crippen molar-refractivity contribution >= 4 is 0 Å². The van der Waals surface area contributed by atoms with E-state index in [1.807, 2.05) is 0 Å². The van der Waals surface area contributed by atoms with Gasteiger partial charge in [-0.25, -0.2) is 8.78 Å². The Labute approximate surface area is 75.8 Å². The van der Waals surface area contributed by atoms with Crippen LogP contribution in [0, 0.1) is 0 Å². The number of hydrogen-bond acceptors (Lipinski definition) is 3. The number of halogens is 2. The molecule has 13 heavy (non-hydrogen) atoms. The third kappa shape index (κ3) is 1.98. The van der Waals surface area contributed by atoms with Crippen molar-refractivity contribution in [2.75, 3.05) is 13.1 Å². The number of nitrogens with zero attached hydrogens (tertiary/aromatic N) is 3. The number of rotatable bonds is 2. The molecule has 2 heterocycles. The Morgan fingerprint density at radius 1 is 1.62 bits per heavy atom. The molecule has 1 fully saturated rings. The lowest BCUT2D eigenvalue weighted by molar-refractivity contribution is -0.134. The average Bonchev–Trinajstić information content (AvgIpc) is 2.06. The van der Waals surface area contributed by atoms with Crippen LogP contribution in [0.1, 0.15) is 7.06 Å². The zero-order chi connectivity index (χ0) is 10.2. The van der Waals surface area contributed by atoms with E-state index < -0.39 is 5.92 Å². The minimum atomic E-state index is -2.54. The van der Waals surface area contributed by atoms with Crippen LogP contribution in [0.4, 0.5) is 8.78 Å². The fourth-order valence-corrected chi connectivity index (χ4v) is 1.33. The van der Waals surface area contributed by atoms with E-state index in [0.717, 1.165) is 0 Å². The van der Waals surface area contributed by atoms with Crippen molar-refractivity contribution in [2.45, 2.75) is 12.5 Å². The summed E-state index contributed by atoms with van der Waals surface area (Å²) in [4.78, 5) is 1.59. The summed E-state index contributed by atoms with van der Waals surface area (Å²) >= 11 is 0. The summed E-state index contributed by atoms with van der Waals surface area (Å²) < 4.78 is 32.0. The molecule has 2 rings (SSSR count). The van der Waals surface area contributed by atoms with Crippen molar-refractivity contribution < 1.29 is 10.2 Å². The largest absolute Gasteiger partial charge is 0.285 e. The maximum Gasteiger partial charge on any atom is 0.272 e. The fraction of sp³-hybridized carbons (Fsp3) is 0.500. The van der Waals surface area contributed by atoms with E-state index in [2.05, 4.69) is 10.2 Å². The van der Waals surface area contributed by atoms with Crippen LogP contribution in [-0.4, -0.2) is 34.1 Å². The van der Waals surface area contributed by atoms with Gasteiger partial charge in [0.1, 0.15) is 0 Å². The van der Waals surface area contributed by atoms with Crippen molar-refractivity contribution in [1.29, 1.82) is 0 Å². The van der Waals surface area contributed by atoms with E-state index in [-0.39, 0.29) is 19.3 Å². The van der Waals surface area contributed by atoms with Gasteiger partial charge in [0, 0.05) is 12.7 Å². The van der Waals surface area contributed by atoms with Crippen LogP contribution in [0.2, 0.25) is 0 Å². The lowest BCUT2D eigenvalue weighted by Crippen LogP contribution is -2.55. The molecule has 0 spiro atoms. The van der Waals surface area contributed by atoms with Crippen LogP contribution in [0.3, 0.4) is 0 Å². The molecule has 1 aliphatic rings. The lowest BCUT2D eigenvalue weighted by Gasteiger charge is -2.38. The zero-order valence-electron chi connectivity index (χ0n) is 7.87. The Kier molecular flexibility index (Phi) is 1.68. The molecule has 0 radical (unpaired) electrons. The highest BCUT2D eigenvalue weighted by molar-refractivity contribution is 5.01. The van der Waals surface area contributed by atoms with E-state index in [1.165, 1.54) is 6.07 Å². The van der Waals surface area contributed by atoms with Crippen molar-refractivity contribution in [2.24, 2.45) is 0 Å². The van der Waals surface area contributed by atoms with Gasteiger partial charge in [0.15, 0.2) is 0 Å². The second-order valence-corrected chi connectivity index (χ2v) is 3.15. The second-order valence-electron chi connectivity index (χ2n) is 3.15. The molecule has 1 saturated heterocycles. The van der Waals surface area contributed by atoms with Gasteiger partial charge in [0.2, 0.25) is 0 Å². The van der Waals surface area contributed by atoms with Crippen LogP contribution in [0.5, 0.6) is 0 Å². The number of aromatic nitrogens is 2. The highest BCUT2D eigenvalue weighted by Gasteiger charge is 2.43. The molecule has 70 valence electrons. The molecule has 0 amide bonds. The van der Waals surface area contributed by atoms with Crippen LogP contribution in [-0.2, 0) is 6.54 Å². The van der Waals surface area contributed by atoms with Gasteiger partial charge in [-0.2, -0.15) is 10.2 Å². The van der Waals surface area contributed by atoms with Gasteiger partial charge >= 0.3 is 0 Å². The summed E-state index contributed by atoms with van der Waals surface area (Å²) in [6.45, 7) is -0.0442. The molecule has 0 aliphatic carbocycles. The molecule has 1 aliphatic heterocycles. The van der Waals surface area contributed by atoms with Crippen molar-refractivity contribution in [3.63, 3.8) is 0 Å². The summed E-state index contributed by atoms with van der Waals surface area (Å²) in [7, 11) is 0. The molecule has 1 aromatic rings. The quantitative estimate of drug-likeness (QED) is 0.688. The van der Waals surface area contributed by atoms with Crippen LogP contribution >= 0.6 is 0 Å². The summed E-state index contributed by atoms with van der Waals surface area (Å²) in [5.41, 5.74) is 0.622. The molecule has 3 nitrogen and oxygen atoms in total. The first-order chi connectivity index (χ1) is 6.55. The first kappa shape index (κ1) is 7.32. The first-order valence-corrected chi connectivity index (χ1v) is 3.95. The van der Waals surface area contributed by atoms with Crippen molar-refractivity contribution in [1.82, 2.24) is 15.1 Å². The van der Waals surface area contributed by atoms with Gasteiger partial charge in [-0.1, -0.05) is 0 Å². The topological polar surface area (TPSA) is 29.0 Å². The highest BCUT2D eigenvalue weighted by atomic mass is 19.3. The minimum Gasteiger partial charge on any atom is -0.285 e. The van der Waals surface area contributed by atoms with Crippen LogP contribution in [0.15, 0.2) is 18.3 Å². The van der Waals surface area contributed by atoms with E-state index >= 15 is 0 Å². The Hall–Kier alpha value is -1.10. The molecule has 0 bridgehead atoms. The number of likely N-dealkylation sites (tertiary alicyclic amines) is 1. The molecule has 1 aromatic heterocycles. The monoisotopic (exact) mass is 186 g/mol. The van der Waals surface area contributed by atoms with E-state index in [4.69, 9.17) is 1.37 Å². The molecule has 0 unspecified atom stereocenters. The van der Waals surface area contributed by atoms with Gasteiger partial charge in [0.25, 0.3) is 5.92 Å². The van der Waals surface area contributed by atoms with Gasteiger partial charge in [-0.05, 0) is 12.1 Å². The van der Waals surface area contributed by atoms with Crippen LogP contribution < -0.4 is 0 Å². The average molecular weight is 186 g/mol. The SMILES string of the molecule is [2H]c1ccc(CN2CC(F)(F)C2)nn1. The predicted molar refractivity (Wildman–Crippen MR) is 42.3 cm³/mol. The first-order valence-electron chi connectivity index (χ1n) is 4.45. The molecular weight excluding hydrogens is 176 g/mol. The van der Waals surface area contributed by atoms with Gasteiger partial charge < -0.3 is 0 Å². The van der Waals surface area contributed by atoms with Gasteiger partial charge in [0.05, 0.1) is 20.2 Å². The van der Waals surface area contributed by atoms with Crippen molar-refractivity contribution in [3.05, 3.63) is 24.0 Å². The Morgan fingerprint density at radius 3 is 2.92 bits per heavy atom. The summed E-state index contributed by atoms with van der Waals surface area (Å²) in [5.74, 6) is -2.54. The standard InChI is InChI=1S/C8H9F2N3/c9-8(10)5-13(6-8)4-7-2-1-3-11-12-7/h1-3H,4-6H2/i3D. The highest BCUT2D eigenvalue weighted by Crippen LogP contribution is 2.27. The molecular formula is C8H9F2N3. The summed E-state index contributed by atoms with van der Waals surface area (Å²) in [6, 6.07) is 3.13. The molecule has 0 aromatic carbocycles. The van der Waals surface area contributed by atoms with E-state index in [9.17, 15) is 8.78 Å². The Bertz CT molecular complexity index is 320. The van der Waals surface area contributed by atoms with Gasteiger partial charge in [-0.3, -0.25) is 4.90 Å². The second kappa shape index (κ2) is 2.99. The molecule has 5 heteroatoms. The molecule has 0 N–H and O–H groups in total. The maximum absolute atomic E-state index is 12.4. The molecule has 0 saturated carbocycles. The third-order valence-electron chi connectivity index (χ3n) is 1.88. The Balaban J connectivity index is 1.90. The Morgan fingerprint density at radius 2 is 2.38 bits per heavy atom. The summed E-state index contributed by atoms with van der Waals surface area (Å²) in [6.07, 6.45) is 0.0858. The van der Waals surface area contributed by atoms with Crippen LogP contribution in [0.25, 0.3) is 0 Å². The normalized spacial score (nSPS) is 22.2. The predicted octanol–water partition coefficient (Wildman–Crippen LogP) is 0.928. The summed E-state index contributed by atoms with van der Waals surface area (Å²) in [5, 5.41) is 7.25. The molecule has 0 atom stereocenters. The maximum atomic E-state index is 12.4. The van der Waals surface area contributed by atoms with E-state index in [1.54, 1.807) is 11.0 Å².